The third kappa shape index (κ3) is 6.21. The third-order valence-corrected chi connectivity index (χ3v) is 6.65. The first-order valence-corrected chi connectivity index (χ1v) is 13.0. The van der Waals surface area contributed by atoms with Gasteiger partial charge >= 0.3 is 12.3 Å². The van der Waals surface area contributed by atoms with Crippen molar-refractivity contribution in [2.45, 2.75) is 57.8 Å². The predicted molar refractivity (Wildman–Crippen MR) is 144 cm³/mol. The number of nitrogens with one attached hydrogen (secondary N) is 4. The minimum absolute atomic E-state index is 0.00340. The fraction of sp³-hybridized carbons (Fsp3) is 0.407. The van der Waals surface area contributed by atoms with E-state index in [1.807, 2.05) is 0 Å². The van der Waals surface area contributed by atoms with Crippen LogP contribution >= 0.6 is 0 Å². The minimum atomic E-state index is -4.72. The molecule has 5 rings (SSSR count). The zero-order valence-corrected chi connectivity index (χ0v) is 22.6. The molecular weight excluding hydrogens is 543 g/mol. The maximum Gasteiger partial charge on any atom is 0.419 e. The number of aliphatic hydroxyl groups is 1. The van der Waals surface area contributed by atoms with Crippen molar-refractivity contribution >= 4 is 34.4 Å². The van der Waals surface area contributed by atoms with Crippen molar-refractivity contribution in [3.63, 3.8) is 0 Å². The molecule has 11 nitrogen and oxygen atoms in total. The Kier molecular flexibility index (Phi) is 7.28. The number of fused-ring (bicyclic) bond motifs is 1. The summed E-state index contributed by atoms with van der Waals surface area (Å²) in [6, 6.07) is 4.55. The van der Waals surface area contributed by atoms with Crippen molar-refractivity contribution in [3.8, 4) is 11.3 Å². The van der Waals surface area contributed by atoms with E-state index in [1.54, 1.807) is 43.9 Å². The van der Waals surface area contributed by atoms with Crippen molar-refractivity contribution in [1.82, 2.24) is 30.5 Å². The van der Waals surface area contributed by atoms with Crippen LogP contribution in [0.25, 0.3) is 27.7 Å². The molecule has 41 heavy (non-hydrogen) atoms. The van der Waals surface area contributed by atoms with E-state index in [0.717, 1.165) is 6.20 Å². The summed E-state index contributed by atoms with van der Waals surface area (Å²) in [7, 11) is 0. The zero-order valence-electron chi connectivity index (χ0n) is 22.6. The van der Waals surface area contributed by atoms with Crippen LogP contribution in [0.3, 0.4) is 0 Å². The Bertz CT molecular complexity index is 1510. The van der Waals surface area contributed by atoms with Gasteiger partial charge in [-0.3, -0.25) is 4.79 Å². The molecule has 14 heteroatoms. The summed E-state index contributed by atoms with van der Waals surface area (Å²) in [6.07, 6.45) is -1.48. The Morgan fingerprint density at radius 2 is 2.02 bits per heavy atom. The van der Waals surface area contributed by atoms with Gasteiger partial charge in [0.1, 0.15) is 11.2 Å². The summed E-state index contributed by atoms with van der Waals surface area (Å²) in [6.45, 7) is 6.14. The molecule has 5 N–H and O–H groups in total. The molecule has 2 aromatic heterocycles. The molecule has 0 spiro atoms. The van der Waals surface area contributed by atoms with E-state index in [2.05, 4.69) is 30.9 Å². The standard InChI is InChI=1S/C27H30F3N7O4/c1-26(2,3)41-25(40)37-8-4-5-15(13-37)34-23-32-12-19(27(28,29)30)21(35-23)18-11-31-20-9-14(6-7-16(18)20)17-10-33-24(39)36-22(17)38/h6-7,9-12,15,24,31,33,39H,4-5,8,13H2,1-3H3,(H,36,38)(H,32,34,35)/t15-,24?/m0/s1. The van der Waals surface area contributed by atoms with Gasteiger partial charge in [-0.1, -0.05) is 12.1 Å². The van der Waals surface area contributed by atoms with Gasteiger partial charge in [-0.2, -0.15) is 13.2 Å². The first-order valence-electron chi connectivity index (χ1n) is 13.0. The second kappa shape index (κ2) is 10.6. The molecule has 2 aliphatic heterocycles. The molecule has 2 atom stereocenters. The van der Waals surface area contributed by atoms with Crippen LogP contribution < -0.4 is 16.0 Å². The normalized spacial score (nSPS) is 19.8. The molecule has 2 amide bonds. The molecular formula is C27H30F3N7O4. The number of likely N-dealkylation sites (tertiary alicyclic amines) is 1. The lowest BCUT2D eigenvalue weighted by Gasteiger charge is -2.34. The lowest BCUT2D eigenvalue weighted by atomic mass is 10.0. The first kappa shape index (κ1) is 28.2. The number of aromatic amines is 1. The number of ether oxygens (including phenoxy) is 1. The number of anilines is 1. The Morgan fingerprint density at radius 3 is 2.73 bits per heavy atom. The van der Waals surface area contributed by atoms with Gasteiger partial charge in [0.25, 0.3) is 5.91 Å². The molecule has 1 aromatic carbocycles. The number of amides is 2. The predicted octanol–water partition coefficient (Wildman–Crippen LogP) is 3.79. The van der Waals surface area contributed by atoms with Crippen LogP contribution in [0.5, 0.6) is 0 Å². The van der Waals surface area contributed by atoms with Crippen LogP contribution in [0.4, 0.5) is 23.9 Å². The maximum absolute atomic E-state index is 14.0. The number of H-pyrrole nitrogens is 1. The minimum Gasteiger partial charge on any atom is -0.444 e. The average Bonchev–Trinajstić information content (AvgIpc) is 3.30. The summed E-state index contributed by atoms with van der Waals surface area (Å²) >= 11 is 0. The molecule has 218 valence electrons. The number of piperidine rings is 1. The highest BCUT2D eigenvalue weighted by atomic mass is 19.4. The number of halogens is 3. The number of rotatable bonds is 4. The van der Waals surface area contributed by atoms with Crippen LogP contribution in [0.1, 0.15) is 44.7 Å². The number of hydrogen-bond acceptors (Lipinski definition) is 8. The number of carbonyl (C=O) groups excluding carboxylic acids is 2. The molecule has 0 bridgehead atoms. The molecule has 1 fully saturated rings. The number of alkyl halides is 3. The Hall–Kier alpha value is -4.33. The topological polar surface area (TPSA) is 144 Å². The Labute approximate surface area is 233 Å². The van der Waals surface area contributed by atoms with Gasteiger partial charge in [0, 0.05) is 54.2 Å². The molecule has 0 aliphatic carbocycles. The summed E-state index contributed by atoms with van der Waals surface area (Å²) < 4.78 is 47.6. The van der Waals surface area contributed by atoms with Gasteiger partial charge in [-0.25, -0.2) is 14.8 Å². The summed E-state index contributed by atoms with van der Waals surface area (Å²) in [5.41, 5.74) is -0.519. The van der Waals surface area contributed by atoms with E-state index in [-0.39, 0.29) is 28.8 Å². The van der Waals surface area contributed by atoms with Crippen molar-refractivity contribution in [2.75, 3.05) is 18.4 Å². The number of hydrogen-bond donors (Lipinski definition) is 5. The summed E-state index contributed by atoms with van der Waals surface area (Å²) in [4.78, 5) is 37.6. The number of aliphatic hydroxyl groups excluding tert-OH is 1. The van der Waals surface area contributed by atoms with E-state index in [0.29, 0.717) is 42.4 Å². The van der Waals surface area contributed by atoms with Gasteiger partial charge in [0.2, 0.25) is 12.3 Å². The van der Waals surface area contributed by atoms with E-state index in [4.69, 9.17) is 4.74 Å². The van der Waals surface area contributed by atoms with Crippen molar-refractivity contribution in [1.29, 1.82) is 0 Å². The molecule has 1 saturated heterocycles. The van der Waals surface area contributed by atoms with Crippen molar-refractivity contribution in [2.24, 2.45) is 0 Å². The molecule has 3 aromatic rings. The first-order chi connectivity index (χ1) is 19.3. The Morgan fingerprint density at radius 1 is 1.24 bits per heavy atom. The number of carbonyl (C=O) groups is 2. The van der Waals surface area contributed by atoms with Gasteiger partial charge in [-0.15, -0.1) is 0 Å². The molecule has 2 aliphatic rings. The summed E-state index contributed by atoms with van der Waals surface area (Å²) in [5, 5.41) is 18.0. The number of nitrogens with zero attached hydrogens (tertiary/aromatic N) is 3. The highest BCUT2D eigenvalue weighted by Gasteiger charge is 2.36. The lowest BCUT2D eigenvalue weighted by molar-refractivity contribution is -0.137. The Balaban J connectivity index is 1.44. The van der Waals surface area contributed by atoms with E-state index in [1.165, 1.54) is 12.4 Å². The number of benzene rings is 1. The van der Waals surface area contributed by atoms with Crippen LogP contribution in [0, 0.1) is 0 Å². The van der Waals surface area contributed by atoms with E-state index < -0.39 is 35.7 Å². The van der Waals surface area contributed by atoms with Crippen LogP contribution in [0.2, 0.25) is 0 Å². The molecule has 0 radical (unpaired) electrons. The quantitative estimate of drug-likeness (QED) is 0.317. The van der Waals surface area contributed by atoms with Gasteiger partial charge in [0.15, 0.2) is 0 Å². The smallest absolute Gasteiger partial charge is 0.419 e. The van der Waals surface area contributed by atoms with Crippen LogP contribution in [-0.4, -0.2) is 68.0 Å². The largest absolute Gasteiger partial charge is 0.444 e. The van der Waals surface area contributed by atoms with E-state index in [9.17, 15) is 27.9 Å². The van der Waals surface area contributed by atoms with Gasteiger partial charge in [0.05, 0.1) is 11.3 Å². The third-order valence-electron chi connectivity index (χ3n) is 6.65. The highest BCUT2D eigenvalue weighted by molar-refractivity contribution is 6.20. The van der Waals surface area contributed by atoms with Crippen molar-refractivity contribution in [3.05, 3.63) is 47.9 Å². The van der Waals surface area contributed by atoms with E-state index >= 15 is 0 Å². The molecule has 4 heterocycles. The maximum atomic E-state index is 14.0. The average molecular weight is 574 g/mol. The molecule has 0 saturated carbocycles. The van der Waals surface area contributed by atoms with Gasteiger partial charge < -0.3 is 35.7 Å². The van der Waals surface area contributed by atoms with Crippen LogP contribution in [-0.2, 0) is 15.7 Å². The second-order valence-corrected chi connectivity index (χ2v) is 10.9. The number of aromatic nitrogens is 3. The summed E-state index contributed by atoms with van der Waals surface area (Å²) in [5.74, 6) is -0.495. The monoisotopic (exact) mass is 573 g/mol. The highest BCUT2D eigenvalue weighted by Crippen LogP contribution is 2.39. The van der Waals surface area contributed by atoms with Gasteiger partial charge in [-0.05, 0) is 45.2 Å². The zero-order chi connectivity index (χ0) is 29.5. The fourth-order valence-corrected chi connectivity index (χ4v) is 4.81. The molecule has 1 unspecified atom stereocenters. The lowest BCUT2D eigenvalue weighted by Crippen LogP contribution is -2.47. The SMILES string of the molecule is CC(C)(C)OC(=O)N1CCC[C@H](Nc2ncc(C(F)(F)F)c(-c3c[nH]c4cc(C5=CNC(O)NC5=O)ccc34)n2)C1. The van der Waals surface area contributed by atoms with Crippen LogP contribution in [0.15, 0.2) is 36.8 Å². The van der Waals surface area contributed by atoms with Crippen molar-refractivity contribution < 1.29 is 32.6 Å². The fourth-order valence-electron chi connectivity index (χ4n) is 4.81. The second-order valence-electron chi connectivity index (χ2n) is 10.9.